The Morgan fingerprint density at radius 1 is 1.32 bits per heavy atom. The standard InChI is InChI=1S/C18H22N2O5/c1-2-24-17(22)12-5-7-20(8-6-12)10-16(21)19-14-3-4-15-13(9-14)11-25-18(15)23/h3-4,9,12H,2,5-8,10-11H2,1H3,(H,19,21). The summed E-state index contributed by atoms with van der Waals surface area (Å²) < 4.78 is 10.0. The number of rotatable bonds is 5. The van der Waals surface area contributed by atoms with Crippen molar-refractivity contribution < 1.29 is 23.9 Å². The summed E-state index contributed by atoms with van der Waals surface area (Å²) in [4.78, 5) is 37.4. The Balaban J connectivity index is 1.47. The molecule has 25 heavy (non-hydrogen) atoms. The van der Waals surface area contributed by atoms with Gasteiger partial charge in [0.05, 0.1) is 24.6 Å². The van der Waals surface area contributed by atoms with Crippen molar-refractivity contribution >= 4 is 23.5 Å². The summed E-state index contributed by atoms with van der Waals surface area (Å²) in [6.45, 7) is 4.13. The second kappa shape index (κ2) is 7.65. The molecule has 1 N–H and O–H groups in total. The Morgan fingerprint density at radius 2 is 2.08 bits per heavy atom. The van der Waals surface area contributed by atoms with Crippen LogP contribution < -0.4 is 5.32 Å². The van der Waals surface area contributed by atoms with Gasteiger partial charge in [-0.15, -0.1) is 0 Å². The molecule has 0 atom stereocenters. The van der Waals surface area contributed by atoms with E-state index in [1.165, 1.54) is 0 Å². The highest BCUT2D eigenvalue weighted by Gasteiger charge is 2.27. The van der Waals surface area contributed by atoms with Crippen molar-refractivity contribution in [1.82, 2.24) is 4.90 Å². The maximum atomic E-state index is 12.2. The molecule has 0 aromatic heterocycles. The smallest absolute Gasteiger partial charge is 0.338 e. The van der Waals surface area contributed by atoms with Crippen LogP contribution in [0.25, 0.3) is 0 Å². The number of ether oxygens (including phenoxy) is 2. The van der Waals surface area contributed by atoms with Gasteiger partial charge in [0, 0.05) is 11.3 Å². The third-order valence-electron chi connectivity index (χ3n) is 4.54. The predicted octanol–water partition coefficient (Wildman–Crippen LogP) is 1.57. The van der Waals surface area contributed by atoms with E-state index >= 15 is 0 Å². The summed E-state index contributed by atoms with van der Waals surface area (Å²) in [5, 5.41) is 2.85. The molecule has 0 bridgehead atoms. The molecule has 0 radical (unpaired) electrons. The molecule has 3 rings (SSSR count). The topological polar surface area (TPSA) is 84.9 Å². The fourth-order valence-corrected chi connectivity index (χ4v) is 3.20. The van der Waals surface area contributed by atoms with Crippen molar-refractivity contribution in [2.45, 2.75) is 26.4 Å². The van der Waals surface area contributed by atoms with Crippen molar-refractivity contribution in [1.29, 1.82) is 0 Å². The number of hydrogen-bond donors (Lipinski definition) is 1. The number of carbonyl (C=O) groups excluding carboxylic acids is 3. The van der Waals surface area contributed by atoms with Crippen LogP contribution in [0.2, 0.25) is 0 Å². The number of nitrogens with one attached hydrogen (secondary N) is 1. The van der Waals surface area contributed by atoms with E-state index in [4.69, 9.17) is 9.47 Å². The van der Waals surface area contributed by atoms with Gasteiger partial charge in [-0.25, -0.2) is 4.79 Å². The molecule has 1 aromatic carbocycles. The molecule has 7 nitrogen and oxygen atoms in total. The first kappa shape index (κ1) is 17.4. The molecule has 2 aliphatic rings. The molecular weight excluding hydrogens is 324 g/mol. The first-order valence-electron chi connectivity index (χ1n) is 8.55. The number of carbonyl (C=O) groups is 3. The highest BCUT2D eigenvalue weighted by molar-refractivity contribution is 5.96. The molecule has 7 heteroatoms. The third-order valence-corrected chi connectivity index (χ3v) is 4.54. The fourth-order valence-electron chi connectivity index (χ4n) is 3.20. The molecule has 1 saturated heterocycles. The van der Waals surface area contributed by atoms with E-state index < -0.39 is 0 Å². The van der Waals surface area contributed by atoms with E-state index in [0.717, 1.165) is 5.56 Å². The molecule has 2 heterocycles. The third kappa shape index (κ3) is 4.17. The summed E-state index contributed by atoms with van der Waals surface area (Å²) in [5.41, 5.74) is 2.00. The lowest BCUT2D eigenvalue weighted by molar-refractivity contribution is -0.149. The number of likely N-dealkylation sites (tertiary alicyclic amines) is 1. The number of esters is 2. The second-order valence-electron chi connectivity index (χ2n) is 6.30. The van der Waals surface area contributed by atoms with E-state index in [1.807, 2.05) is 4.90 Å². The number of piperidine rings is 1. The molecule has 0 aliphatic carbocycles. The van der Waals surface area contributed by atoms with Crippen LogP contribution in [0.1, 0.15) is 35.7 Å². The van der Waals surface area contributed by atoms with Crippen LogP contribution in [0.4, 0.5) is 5.69 Å². The van der Waals surface area contributed by atoms with E-state index in [9.17, 15) is 14.4 Å². The van der Waals surface area contributed by atoms with Crippen LogP contribution in [0, 0.1) is 5.92 Å². The molecular formula is C18H22N2O5. The zero-order chi connectivity index (χ0) is 17.8. The average Bonchev–Trinajstić information content (AvgIpc) is 2.96. The van der Waals surface area contributed by atoms with Gasteiger partial charge in [0.2, 0.25) is 5.91 Å². The fraction of sp³-hybridized carbons (Fsp3) is 0.500. The lowest BCUT2D eigenvalue weighted by Gasteiger charge is -2.30. The van der Waals surface area contributed by atoms with Crippen LogP contribution >= 0.6 is 0 Å². The number of cyclic esters (lactones) is 1. The maximum absolute atomic E-state index is 12.2. The van der Waals surface area contributed by atoms with Crippen molar-refractivity contribution in [3.63, 3.8) is 0 Å². The quantitative estimate of drug-likeness (QED) is 0.815. The van der Waals surface area contributed by atoms with Crippen molar-refractivity contribution in [3.8, 4) is 0 Å². The molecule has 0 saturated carbocycles. The Hall–Kier alpha value is -2.41. The van der Waals surface area contributed by atoms with Crippen LogP contribution in [0.15, 0.2) is 18.2 Å². The van der Waals surface area contributed by atoms with Gasteiger partial charge in [0.15, 0.2) is 0 Å². The summed E-state index contributed by atoms with van der Waals surface area (Å²) in [7, 11) is 0. The van der Waals surface area contributed by atoms with Gasteiger partial charge in [-0.3, -0.25) is 14.5 Å². The van der Waals surface area contributed by atoms with Crippen LogP contribution in [-0.2, 0) is 25.7 Å². The molecule has 1 aromatic rings. The first-order chi connectivity index (χ1) is 12.1. The molecule has 0 unspecified atom stereocenters. The van der Waals surface area contributed by atoms with E-state index in [0.29, 0.717) is 43.8 Å². The maximum Gasteiger partial charge on any atom is 0.338 e. The Labute approximate surface area is 146 Å². The molecule has 2 aliphatic heterocycles. The lowest BCUT2D eigenvalue weighted by Crippen LogP contribution is -2.41. The first-order valence-corrected chi connectivity index (χ1v) is 8.55. The number of fused-ring (bicyclic) bond motifs is 1. The summed E-state index contributed by atoms with van der Waals surface area (Å²) >= 11 is 0. The number of amides is 1. The Kier molecular flexibility index (Phi) is 5.33. The Morgan fingerprint density at radius 3 is 2.80 bits per heavy atom. The lowest BCUT2D eigenvalue weighted by atomic mass is 9.97. The van der Waals surface area contributed by atoms with Gasteiger partial charge >= 0.3 is 11.9 Å². The number of hydrogen-bond acceptors (Lipinski definition) is 6. The summed E-state index contributed by atoms with van der Waals surface area (Å²) in [5.74, 6) is -0.632. The predicted molar refractivity (Wildman–Crippen MR) is 90.0 cm³/mol. The zero-order valence-electron chi connectivity index (χ0n) is 14.2. The largest absolute Gasteiger partial charge is 0.466 e. The van der Waals surface area contributed by atoms with E-state index in [-0.39, 0.29) is 36.9 Å². The van der Waals surface area contributed by atoms with E-state index in [1.54, 1.807) is 25.1 Å². The monoisotopic (exact) mass is 346 g/mol. The number of anilines is 1. The van der Waals surface area contributed by atoms with Gasteiger partial charge in [-0.05, 0) is 51.1 Å². The van der Waals surface area contributed by atoms with Gasteiger partial charge in [0.25, 0.3) is 0 Å². The second-order valence-corrected chi connectivity index (χ2v) is 6.30. The highest BCUT2D eigenvalue weighted by Crippen LogP contribution is 2.23. The van der Waals surface area contributed by atoms with Crippen molar-refractivity contribution in [2.24, 2.45) is 5.92 Å². The van der Waals surface area contributed by atoms with E-state index in [2.05, 4.69) is 5.32 Å². The number of nitrogens with zero attached hydrogens (tertiary/aromatic N) is 1. The average molecular weight is 346 g/mol. The summed E-state index contributed by atoms with van der Waals surface area (Å²) in [6, 6.07) is 5.15. The van der Waals surface area contributed by atoms with Crippen LogP contribution in [0.3, 0.4) is 0 Å². The molecule has 0 spiro atoms. The minimum atomic E-state index is -0.322. The van der Waals surface area contributed by atoms with Crippen molar-refractivity contribution in [2.75, 3.05) is 31.6 Å². The number of benzene rings is 1. The highest BCUT2D eigenvalue weighted by atomic mass is 16.5. The molecule has 1 fully saturated rings. The van der Waals surface area contributed by atoms with Crippen molar-refractivity contribution in [3.05, 3.63) is 29.3 Å². The normalized spacial score (nSPS) is 17.7. The van der Waals surface area contributed by atoms with Gasteiger partial charge < -0.3 is 14.8 Å². The van der Waals surface area contributed by atoms with Gasteiger partial charge in [-0.2, -0.15) is 0 Å². The Bertz CT molecular complexity index is 680. The summed E-state index contributed by atoms with van der Waals surface area (Å²) in [6.07, 6.45) is 1.43. The molecule has 134 valence electrons. The SMILES string of the molecule is CCOC(=O)C1CCN(CC(=O)Nc2ccc3c(c2)COC3=O)CC1. The van der Waals surface area contributed by atoms with Crippen LogP contribution in [-0.4, -0.2) is 49.0 Å². The van der Waals surface area contributed by atoms with Crippen LogP contribution in [0.5, 0.6) is 0 Å². The van der Waals surface area contributed by atoms with Gasteiger partial charge in [-0.1, -0.05) is 0 Å². The minimum absolute atomic E-state index is 0.0616. The zero-order valence-corrected chi connectivity index (χ0v) is 14.2. The minimum Gasteiger partial charge on any atom is -0.466 e. The molecule has 1 amide bonds. The van der Waals surface area contributed by atoms with Gasteiger partial charge in [0.1, 0.15) is 6.61 Å².